The lowest BCUT2D eigenvalue weighted by atomic mass is 9.78. The van der Waals surface area contributed by atoms with Gasteiger partial charge in [-0.1, -0.05) is 38.7 Å². The average Bonchev–Trinajstić information content (AvgIpc) is 2.41. The van der Waals surface area contributed by atoms with Crippen LogP contribution in [0.3, 0.4) is 0 Å². The van der Waals surface area contributed by atoms with Crippen LogP contribution in [0.15, 0.2) is 18.3 Å². The summed E-state index contributed by atoms with van der Waals surface area (Å²) in [7, 11) is 0. The number of rotatable bonds is 5. The third-order valence-electron chi connectivity index (χ3n) is 4.42. The first-order chi connectivity index (χ1) is 8.79. The molecular formula is C17H27N. The summed E-state index contributed by atoms with van der Waals surface area (Å²) in [6, 6.07) is 4.44. The smallest absolute Gasteiger partial charge is 0.0434 e. The first-order valence-electron chi connectivity index (χ1n) is 7.72. The second kappa shape index (κ2) is 6.92. The number of pyridine rings is 1. The van der Waals surface area contributed by atoms with Crippen molar-refractivity contribution >= 4 is 0 Å². The van der Waals surface area contributed by atoms with Crippen LogP contribution in [0.5, 0.6) is 0 Å². The van der Waals surface area contributed by atoms with E-state index in [9.17, 15) is 0 Å². The van der Waals surface area contributed by atoms with Crippen LogP contribution < -0.4 is 0 Å². The van der Waals surface area contributed by atoms with Gasteiger partial charge in [-0.05, 0) is 50.2 Å². The van der Waals surface area contributed by atoms with Crippen molar-refractivity contribution in [3.63, 3.8) is 0 Å². The molecule has 0 amide bonds. The van der Waals surface area contributed by atoms with Crippen molar-refractivity contribution in [3.05, 3.63) is 29.6 Å². The molecule has 1 aliphatic carbocycles. The van der Waals surface area contributed by atoms with Crippen molar-refractivity contribution in [1.82, 2.24) is 4.98 Å². The molecule has 1 saturated carbocycles. The Bertz CT molecular complexity index is 333. The van der Waals surface area contributed by atoms with E-state index in [1.807, 2.05) is 6.20 Å². The minimum atomic E-state index is 0.730. The van der Waals surface area contributed by atoms with Gasteiger partial charge >= 0.3 is 0 Å². The zero-order valence-electron chi connectivity index (χ0n) is 12.0. The second-order valence-electron chi connectivity index (χ2n) is 5.97. The lowest BCUT2D eigenvalue weighted by molar-refractivity contribution is 0.300. The van der Waals surface area contributed by atoms with E-state index in [-0.39, 0.29) is 0 Å². The maximum Gasteiger partial charge on any atom is 0.0434 e. The molecule has 1 aromatic rings. The molecule has 1 aromatic heterocycles. The molecule has 1 aliphatic rings. The van der Waals surface area contributed by atoms with Crippen LogP contribution in [0, 0.1) is 12.8 Å². The number of hydrogen-bond acceptors (Lipinski definition) is 1. The van der Waals surface area contributed by atoms with Gasteiger partial charge in [0.2, 0.25) is 0 Å². The molecule has 1 heterocycles. The zero-order chi connectivity index (χ0) is 12.8. The number of aromatic nitrogens is 1. The van der Waals surface area contributed by atoms with Crippen molar-refractivity contribution in [1.29, 1.82) is 0 Å². The van der Waals surface area contributed by atoms with Gasteiger partial charge in [-0.15, -0.1) is 0 Å². The van der Waals surface area contributed by atoms with Crippen LogP contribution in [-0.4, -0.2) is 4.98 Å². The first-order valence-corrected chi connectivity index (χ1v) is 7.72. The summed E-state index contributed by atoms with van der Waals surface area (Å²) in [5.41, 5.74) is 2.60. The van der Waals surface area contributed by atoms with Crippen molar-refractivity contribution in [2.45, 2.75) is 71.1 Å². The summed E-state index contributed by atoms with van der Waals surface area (Å²) in [4.78, 5) is 4.60. The van der Waals surface area contributed by atoms with Gasteiger partial charge in [0.25, 0.3) is 0 Å². The molecule has 0 radical (unpaired) electrons. The second-order valence-corrected chi connectivity index (χ2v) is 5.97. The molecule has 1 fully saturated rings. The maximum absolute atomic E-state index is 4.60. The van der Waals surface area contributed by atoms with E-state index in [1.165, 1.54) is 62.6 Å². The van der Waals surface area contributed by atoms with Crippen LogP contribution in [0.1, 0.15) is 75.5 Å². The van der Waals surface area contributed by atoms with Crippen molar-refractivity contribution in [3.8, 4) is 0 Å². The van der Waals surface area contributed by atoms with Gasteiger partial charge in [0.15, 0.2) is 0 Å². The quantitative estimate of drug-likeness (QED) is 0.646. The monoisotopic (exact) mass is 245 g/mol. The lowest BCUT2D eigenvalue weighted by Gasteiger charge is -2.28. The highest BCUT2D eigenvalue weighted by molar-refractivity contribution is 5.16. The molecule has 18 heavy (non-hydrogen) atoms. The fourth-order valence-corrected chi connectivity index (χ4v) is 3.15. The molecule has 1 heteroatoms. The van der Waals surface area contributed by atoms with E-state index in [0.29, 0.717) is 0 Å². The maximum atomic E-state index is 4.60. The Kier molecular flexibility index (Phi) is 5.22. The first kappa shape index (κ1) is 13.6. The molecule has 0 N–H and O–H groups in total. The fourth-order valence-electron chi connectivity index (χ4n) is 3.15. The summed E-state index contributed by atoms with van der Waals surface area (Å²) in [5, 5.41) is 0. The average molecular weight is 245 g/mol. The van der Waals surface area contributed by atoms with Crippen molar-refractivity contribution < 1.29 is 0 Å². The third kappa shape index (κ3) is 3.83. The summed E-state index contributed by atoms with van der Waals surface area (Å²) in [6.45, 7) is 4.40. The molecule has 0 aromatic carbocycles. The van der Waals surface area contributed by atoms with Gasteiger partial charge in [-0.2, -0.15) is 0 Å². The SMILES string of the molecule is CCCCCC1CCC(c2ccc(C)cn2)CC1. The van der Waals surface area contributed by atoms with E-state index >= 15 is 0 Å². The predicted molar refractivity (Wildman–Crippen MR) is 77.8 cm³/mol. The third-order valence-corrected chi connectivity index (χ3v) is 4.42. The Morgan fingerprint density at radius 3 is 2.50 bits per heavy atom. The molecule has 100 valence electrons. The minimum absolute atomic E-state index is 0.730. The number of hydrogen-bond donors (Lipinski definition) is 0. The van der Waals surface area contributed by atoms with E-state index in [2.05, 4.69) is 31.0 Å². The summed E-state index contributed by atoms with van der Waals surface area (Å²) < 4.78 is 0. The van der Waals surface area contributed by atoms with Crippen molar-refractivity contribution in [2.24, 2.45) is 5.92 Å². The standard InChI is InChI=1S/C17H27N/c1-3-4-5-6-15-8-10-16(11-9-15)17-12-7-14(2)13-18-17/h7,12-13,15-16H,3-6,8-11H2,1-2H3. The van der Waals surface area contributed by atoms with Gasteiger partial charge in [0.1, 0.15) is 0 Å². The number of nitrogens with zero attached hydrogens (tertiary/aromatic N) is 1. The van der Waals surface area contributed by atoms with Gasteiger partial charge in [0.05, 0.1) is 0 Å². The van der Waals surface area contributed by atoms with E-state index in [4.69, 9.17) is 0 Å². The van der Waals surface area contributed by atoms with Gasteiger partial charge in [-0.25, -0.2) is 0 Å². The Morgan fingerprint density at radius 2 is 1.89 bits per heavy atom. The van der Waals surface area contributed by atoms with Crippen LogP contribution in [0.2, 0.25) is 0 Å². The molecule has 0 aliphatic heterocycles. The van der Waals surface area contributed by atoms with Gasteiger partial charge < -0.3 is 0 Å². The Balaban J connectivity index is 1.77. The van der Waals surface area contributed by atoms with E-state index in [0.717, 1.165) is 11.8 Å². The van der Waals surface area contributed by atoms with Crippen LogP contribution in [-0.2, 0) is 0 Å². The minimum Gasteiger partial charge on any atom is -0.261 e. The summed E-state index contributed by atoms with van der Waals surface area (Å²) in [5.74, 6) is 1.73. The van der Waals surface area contributed by atoms with Crippen LogP contribution in [0.25, 0.3) is 0 Å². The topological polar surface area (TPSA) is 12.9 Å². The summed E-state index contributed by atoms with van der Waals surface area (Å²) >= 11 is 0. The molecule has 0 saturated heterocycles. The number of unbranched alkanes of at least 4 members (excludes halogenated alkanes) is 2. The van der Waals surface area contributed by atoms with Gasteiger partial charge in [0, 0.05) is 17.8 Å². The van der Waals surface area contributed by atoms with Crippen molar-refractivity contribution in [2.75, 3.05) is 0 Å². The molecule has 0 bridgehead atoms. The molecule has 2 rings (SSSR count). The Morgan fingerprint density at radius 1 is 1.11 bits per heavy atom. The molecule has 0 unspecified atom stereocenters. The van der Waals surface area contributed by atoms with E-state index in [1.54, 1.807) is 0 Å². The van der Waals surface area contributed by atoms with Gasteiger partial charge in [-0.3, -0.25) is 4.98 Å². The zero-order valence-corrected chi connectivity index (χ0v) is 12.0. The highest BCUT2D eigenvalue weighted by Crippen LogP contribution is 2.36. The highest BCUT2D eigenvalue weighted by Gasteiger charge is 2.22. The molecule has 0 spiro atoms. The lowest BCUT2D eigenvalue weighted by Crippen LogP contribution is -2.14. The molecule has 0 atom stereocenters. The largest absolute Gasteiger partial charge is 0.261 e. The summed E-state index contributed by atoms with van der Waals surface area (Å²) in [6.07, 6.45) is 13.2. The Hall–Kier alpha value is -0.850. The van der Waals surface area contributed by atoms with Crippen LogP contribution >= 0.6 is 0 Å². The predicted octanol–water partition coefficient (Wildman–Crippen LogP) is 5.24. The molecular weight excluding hydrogens is 218 g/mol. The number of aryl methyl sites for hydroxylation is 1. The van der Waals surface area contributed by atoms with E-state index < -0.39 is 0 Å². The fraction of sp³-hybridized carbons (Fsp3) is 0.706. The Labute approximate surface area is 112 Å². The molecule has 1 nitrogen and oxygen atoms in total. The highest BCUT2D eigenvalue weighted by atomic mass is 14.7. The normalized spacial score (nSPS) is 24.1. The van der Waals surface area contributed by atoms with Crippen LogP contribution in [0.4, 0.5) is 0 Å².